The molecule has 0 saturated heterocycles. The van der Waals surface area contributed by atoms with Crippen LogP contribution in [0.1, 0.15) is 27.2 Å². The van der Waals surface area contributed by atoms with Crippen molar-refractivity contribution in [2.75, 3.05) is 13.6 Å². The van der Waals surface area contributed by atoms with Gasteiger partial charge in [0.15, 0.2) is 0 Å². The number of hydrogen-bond acceptors (Lipinski definition) is 4. The van der Waals surface area contributed by atoms with Crippen molar-refractivity contribution < 1.29 is 8.42 Å². The number of nitrogens with zero attached hydrogens (tertiary/aromatic N) is 2. The highest BCUT2D eigenvalue weighted by Gasteiger charge is 2.21. The van der Waals surface area contributed by atoms with Gasteiger partial charge in [-0.3, -0.25) is 4.68 Å². The lowest BCUT2D eigenvalue weighted by molar-refractivity contribution is 0.434. The number of likely N-dealkylation sites (N-methyl/N-ethyl adjacent to an activating group) is 1. The zero-order valence-electron chi connectivity index (χ0n) is 12.0. The molecule has 0 fully saturated rings. The minimum atomic E-state index is -3.47. The molecular formula is C12H24N4O2S. The van der Waals surface area contributed by atoms with E-state index in [0.29, 0.717) is 12.5 Å². The van der Waals surface area contributed by atoms with Crippen molar-refractivity contribution in [3.63, 3.8) is 0 Å². The maximum Gasteiger partial charge on any atom is 0.243 e. The molecule has 0 bridgehead atoms. The molecule has 0 aliphatic rings. The molecule has 0 radical (unpaired) electrons. The summed E-state index contributed by atoms with van der Waals surface area (Å²) in [7, 11) is -1.63. The molecule has 0 aliphatic heterocycles. The summed E-state index contributed by atoms with van der Waals surface area (Å²) in [5.74, 6) is 0.300. The first-order chi connectivity index (χ1) is 8.90. The van der Waals surface area contributed by atoms with E-state index in [4.69, 9.17) is 0 Å². The van der Waals surface area contributed by atoms with Crippen LogP contribution in [0.4, 0.5) is 0 Å². The van der Waals surface area contributed by atoms with Crippen molar-refractivity contribution in [1.82, 2.24) is 19.8 Å². The minimum absolute atomic E-state index is 0.0874. The second-order valence-electron chi connectivity index (χ2n) is 4.84. The Balaban J connectivity index is 2.74. The van der Waals surface area contributed by atoms with Crippen molar-refractivity contribution in [2.24, 2.45) is 5.92 Å². The van der Waals surface area contributed by atoms with Crippen LogP contribution >= 0.6 is 0 Å². The summed E-state index contributed by atoms with van der Waals surface area (Å²) >= 11 is 0. The number of hydrogen-bond donors (Lipinski definition) is 2. The van der Waals surface area contributed by atoms with Crippen LogP contribution < -0.4 is 10.0 Å². The van der Waals surface area contributed by atoms with Crippen LogP contribution in [0, 0.1) is 5.92 Å². The Bertz CT molecular complexity index is 484. The molecule has 1 aromatic rings. The molecule has 1 heterocycles. The van der Waals surface area contributed by atoms with E-state index < -0.39 is 10.0 Å². The first kappa shape index (κ1) is 16.1. The largest absolute Gasteiger partial charge is 0.318 e. The van der Waals surface area contributed by atoms with Gasteiger partial charge in [-0.25, -0.2) is 13.1 Å². The molecular weight excluding hydrogens is 264 g/mol. The predicted molar refractivity (Wildman–Crippen MR) is 75.4 cm³/mol. The lowest BCUT2D eigenvalue weighted by Crippen LogP contribution is -2.36. The first-order valence-corrected chi connectivity index (χ1v) is 8.08. The Labute approximate surface area is 115 Å². The maximum atomic E-state index is 12.2. The second-order valence-corrected chi connectivity index (χ2v) is 6.55. The molecule has 2 atom stereocenters. The lowest BCUT2D eigenvalue weighted by atomic mass is 10.0. The topological polar surface area (TPSA) is 76.0 Å². The first-order valence-electron chi connectivity index (χ1n) is 6.60. The van der Waals surface area contributed by atoms with Gasteiger partial charge in [0, 0.05) is 18.8 Å². The average Bonchev–Trinajstić information content (AvgIpc) is 2.84. The third kappa shape index (κ3) is 4.59. The second kappa shape index (κ2) is 7.02. The standard InChI is InChI=1S/C12H24N4O2S/c1-5-10(2)11(3)15-19(17,18)12-8-14-16(9-12)7-6-13-4/h8-11,13,15H,5-7H2,1-4H3. The van der Waals surface area contributed by atoms with Gasteiger partial charge in [-0.1, -0.05) is 20.3 Å². The summed E-state index contributed by atoms with van der Waals surface area (Å²) in [6, 6.07) is -0.0874. The SMILES string of the molecule is CCC(C)C(C)NS(=O)(=O)c1cnn(CCNC)c1. The molecule has 2 unspecified atom stereocenters. The Hall–Kier alpha value is -0.920. The molecule has 0 amide bonds. The lowest BCUT2D eigenvalue weighted by Gasteiger charge is -2.19. The number of sulfonamides is 1. The van der Waals surface area contributed by atoms with Gasteiger partial charge in [0.2, 0.25) is 10.0 Å². The smallest absolute Gasteiger partial charge is 0.243 e. The zero-order valence-corrected chi connectivity index (χ0v) is 12.9. The zero-order chi connectivity index (χ0) is 14.5. The van der Waals surface area contributed by atoms with E-state index in [1.54, 1.807) is 10.9 Å². The average molecular weight is 288 g/mol. The molecule has 7 heteroatoms. The molecule has 0 aromatic carbocycles. The van der Waals surface area contributed by atoms with Crippen molar-refractivity contribution in [3.05, 3.63) is 12.4 Å². The van der Waals surface area contributed by atoms with E-state index in [-0.39, 0.29) is 10.9 Å². The molecule has 0 saturated carbocycles. The third-order valence-electron chi connectivity index (χ3n) is 3.35. The van der Waals surface area contributed by atoms with Gasteiger partial charge < -0.3 is 5.32 Å². The quantitative estimate of drug-likeness (QED) is 0.742. The Kier molecular flexibility index (Phi) is 5.96. The van der Waals surface area contributed by atoms with Gasteiger partial charge in [0.1, 0.15) is 4.90 Å². The van der Waals surface area contributed by atoms with E-state index in [1.165, 1.54) is 6.20 Å². The van der Waals surface area contributed by atoms with Gasteiger partial charge in [-0.15, -0.1) is 0 Å². The summed E-state index contributed by atoms with van der Waals surface area (Å²) in [6.07, 6.45) is 3.88. The molecule has 1 rings (SSSR count). The highest BCUT2D eigenvalue weighted by atomic mass is 32.2. The number of nitrogens with one attached hydrogen (secondary N) is 2. The Morgan fingerprint density at radius 2 is 2.11 bits per heavy atom. The third-order valence-corrected chi connectivity index (χ3v) is 4.86. The molecule has 110 valence electrons. The minimum Gasteiger partial charge on any atom is -0.318 e. The fourth-order valence-electron chi connectivity index (χ4n) is 1.61. The van der Waals surface area contributed by atoms with Crippen molar-refractivity contribution in [2.45, 2.75) is 44.7 Å². The fraction of sp³-hybridized carbons (Fsp3) is 0.750. The van der Waals surface area contributed by atoms with Crippen LogP contribution in [-0.2, 0) is 16.6 Å². The molecule has 0 spiro atoms. The summed E-state index contributed by atoms with van der Waals surface area (Å²) in [6.45, 7) is 7.36. The van der Waals surface area contributed by atoms with E-state index in [1.807, 2.05) is 27.8 Å². The van der Waals surface area contributed by atoms with Gasteiger partial charge >= 0.3 is 0 Å². The van der Waals surface area contributed by atoms with Crippen LogP contribution in [0.5, 0.6) is 0 Å². The fourth-order valence-corrected chi connectivity index (χ4v) is 2.92. The Morgan fingerprint density at radius 3 is 2.68 bits per heavy atom. The summed E-state index contributed by atoms with van der Waals surface area (Å²) in [4.78, 5) is 0.221. The number of aromatic nitrogens is 2. The van der Waals surface area contributed by atoms with Crippen molar-refractivity contribution in [1.29, 1.82) is 0 Å². The van der Waals surface area contributed by atoms with E-state index in [2.05, 4.69) is 15.1 Å². The van der Waals surface area contributed by atoms with E-state index in [0.717, 1.165) is 13.0 Å². The highest BCUT2D eigenvalue weighted by Crippen LogP contribution is 2.12. The summed E-state index contributed by atoms with van der Waals surface area (Å²) in [5, 5.41) is 7.04. The monoisotopic (exact) mass is 288 g/mol. The molecule has 1 aromatic heterocycles. The van der Waals surface area contributed by atoms with Gasteiger partial charge in [-0.05, 0) is 19.9 Å². The predicted octanol–water partition coefficient (Wildman–Crippen LogP) is 0.815. The molecule has 2 N–H and O–H groups in total. The maximum absolute atomic E-state index is 12.2. The van der Waals surface area contributed by atoms with Crippen molar-refractivity contribution in [3.8, 4) is 0 Å². The highest BCUT2D eigenvalue weighted by molar-refractivity contribution is 7.89. The van der Waals surface area contributed by atoms with E-state index in [9.17, 15) is 8.42 Å². The van der Waals surface area contributed by atoms with Crippen LogP contribution in [0.25, 0.3) is 0 Å². The Morgan fingerprint density at radius 1 is 1.42 bits per heavy atom. The van der Waals surface area contributed by atoms with Crippen molar-refractivity contribution >= 4 is 10.0 Å². The summed E-state index contributed by atoms with van der Waals surface area (Å²) < 4.78 is 28.7. The van der Waals surface area contributed by atoms with Crippen LogP contribution in [0.3, 0.4) is 0 Å². The van der Waals surface area contributed by atoms with Gasteiger partial charge in [0.05, 0.1) is 12.7 Å². The van der Waals surface area contributed by atoms with Gasteiger partial charge in [-0.2, -0.15) is 5.10 Å². The molecule has 6 nitrogen and oxygen atoms in total. The normalized spacial score (nSPS) is 15.4. The summed E-state index contributed by atoms with van der Waals surface area (Å²) in [5.41, 5.74) is 0. The molecule has 0 aliphatic carbocycles. The number of rotatable bonds is 8. The van der Waals surface area contributed by atoms with Gasteiger partial charge in [0.25, 0.3) is 0 Å². The molecule has 19 heavy (non-hydrogen) atoms. The van der Waals surface area contributed by atoms with E-state index >= 15 is 0 Å². The van der Waals surface area contributed by atoms with Crippen LogP contribution in [-0.4, -0.2) is 37.8 Å². The van der Waals surface area contributed by atoms with Crippen LogP contribution in [0.2, 0.25) is 0 Å². The van der Waals surface area contributed by atoms with Crippen LogP contribution in [0.15, 0.2) is 17.3 Å².